The summed E-state index contributed by atoms with van der Waals surface area (Å²) in [5.41, 5.74) is 1.54. The molecule has 0 bridgehead atoms. The molecule has 0 saturated heterocycles. The van der Waals surface area contributed by atoms with Gasteiger partial charge in [-0.2, -0.15) is 0 Å². The highest BCUT2D eigenvalue weighted by Gasteiger charge is 2.14. The molecule has 1 aromatic heterocycles. The third-order valence-corrected chi connectivity index (χ3v) is 7.55. The first-order chi connectivity index (χ1) is 16.3. The van der Waals surface area contributed by atoms with Crippen LogP contribution in [0, 0.1) is 0 Å². The molecule has 1 atom stereocenters. The van der Waals surface area contributed by atoms with E-state index >= 15 is 0 Å². The van der Waals surface area contributed by atoms with Crippen LogP contribution in [0.15, 0.2) is 41.3 Å². The average molecular weight is 511 g/mol. The molecule has 0 radical (unpaired) electrons. The number of rotatable bonds is 11. The second kappa shape index (κ2) is 13.2. The van der Waals surface area contributed by atoms with Crippen molar-refractivity contribution in [2.75, 3.05) is 52.7 Å². The lowest BCUT2D eigenvalue weighted by Crippen LogP contribution is -2.10. The Morgan fingerprint density at radius 3 is 2.24 bits per heavy atom. The summed E-state index contributed by atoms with van der Waals surface area (Å²) < 4.78 is 45.0. The van der Waals surface area contributed by atoms with Gasteiger partial charge in [0.2, 0.25) is 0 Å². The van der Waals surface area contributed by atoms with Gasteiger partial charge in [0, 0.05) is 26.3 Å². The number of thiazole rings is 1. The second-order valence-corrected chi connectivity index (χ2v) is 10.1. The molecule has 0 saturated carbocycles. The van der Waals surface area contributed by atoms with Gasteiger partial charge in [-0.3, -0.25) is 0 Å². The highest BCUT2D eigenvalue weighted by molar-refractivity contribution is 7.91. The van der Waals surface area contributed by atoms with Gasteiger partial charge in [0.1, 0.15) is 6.10 Å². The summed E-state index contributed by atoms with van der Waals surface area (Å²) in [7, 11) is 3.43. The van der Waals surface area contributed by atoms with Gasteiger partial charge >= 0.3 is 0 Å². The number of fused-ring (bicyclic) bond motifs is 1. The van der Waals surface area contributed by atoms with Crippen LogP contribution in [0.25, 0.3) is 10.2 Å². The molecule has 0 aliphatic rings. The van der Waals surface area contributed by atoms with E-state index in [1.165, 1.54) is 12.1 Å². The number of aromatic nitrogens is 1. The first-order valence-electron chi connectivity index (χ1n) is 10.4. The first kappa shape index (κ1) is 27.5. The molecule has 3 aromatic rings. The molecule has 1 N–H and O–H groups in total. The van der Waals surface area contributed by atoms with Crippen molar-refractivity contribution < 1.29 is 32.2 Å². The van der Waals surface area contributed by atoms with E-state index in [0.717, 1.165) is 21.1 Å². The number of ether oxygens (including phenoxy) is 4. The van der Waals surface area contributed by atoms with E-state index in [4.69, 9.17) is 18.9 Å². The third-order valence-electron chi connectivity index (χ3n) is 4.76. The Morgan fingerprint density at radius 1 is 1.06 bits per heavy atom. The molecule has 0 fully saturated rings. The van der Waals surface area contributed by atoms with Gasteiger partial charge in [0.05, 0.1) is 48.3 Å². The zero-order valence-electron chi connectivity index (χ0n) is 19.9. The number of carbonyl (C=O) groups is 1. The zero-order valence-corrected chi connectivity index (χ0v) is 21.5. The molecule has 9 nitrogen and oxygen atoms in total. The Morgan fingerprint density at radius 2 is 1.71 bits per heavy atom. The largest absolute Gasteiger partial charge is 0.493 e. The van der Waals surface area contributed by atoms with Gasteiger partial charge in [-0.15, -0.1) is 0 Å². The summed E-state index contributed by atoms with van der Waals surface area (Å²) >= 11 is 1.59. The Hall–Kier alpha value is -2.73. The minimum Gasteiger partial charge on any atom is -0.493 e. The normalized spacial score (nSPS) is 11.9. The number of sulfone groups is 1. The molecule has 11 heteroatoms. The molecule has 3 rings (SSSR count). The van der Waals surface area contributed by atoms with Crippen LogP contribution in [0.3, 0.4) is 0 Å². The molecule has 2 aromatic carbocycles. The van der Waals surface area contributed by atoms with Gasteiger partial charge in [-0.05, 0) is 17.7 Å². The van der Waals surface area contributed by atoms with Crippen molar-refractivity contribution in [1.29, 1.82) is 0 Å². The minimum atomic E-state index is -3.22. The fourth-order valence-electron chi connectivity index (χ4n) is 2.87. The van der Waals surface area contributed by atoms with E-state index in [-0.39, 0.29) is 10.6 Å². The van der Waals surface area contributed by atoms with Gasteiger partial charge in [-0.25, -0.2) is 13.4 Å². The topological polar surface area (TPSA) is 113 Å². The van der Waals surface area contributed by atoms with E-state index in [9.17, 15) is 13.2 Å². The summed E-state index contributed by atoms with van der Waals surface area (Å²) in [6.07, 6.45) is -0.0209. The number of hydrogen-bond acceptors (Lipinski definition) is 10. The molecule has 186 valence electrons. The molecule has 1 heterocycles. The van der Waals surface area contributed by atoms with E-state index in [1.54, 1.807) is 51.7 Å². The van der Waals surface area contributed by atoms with Crippen LogP contribution in [-0.4, -0.2) is 67.0 Å². The molecule has 34 heavy (non-hydrogen) atoms. The lowest BCUT2D eigenvalue weighted by molar-refractivity contribution is -0.119. The van der Waals surface area contributed by atoms with Gasteiger partial charge in [0.15, 0.2) is 32.8 Å². The van der Waals surface area contributed by atoms with E-state index < -0.39 is 15.9 Å². The Bertz CT molecular complexity index is 1120. The van der Waals surface area contributed by atoms with Crippen molar-refractivity contribution >= 4 is 42.8 Å². The number of carbonyl (C=O) groups excluding carboxylic acids is 1. The number of aldehydes is 1. The summed E-state index contributed by atoms with van der Waals surface area (Å²) in [5.74, 6) is 1.49. The van der Waals surface area contributed by atoms with Crippen LogP contribution >= 0.6 is 11.3 Å². The van der Waals surface area contributed by atoms with Crippen molar-refractivity contribution in [3.63, 3.8) is 0 Å². The van der Waals surface area contributed by atoms with Crippen molar-refractivity contribution in [2.24, 2.45) is 0 Å². The molecule has 0 spiro atoms. The van der Waals surface area contributed by atoms with Crippen LogP contribution in [0.1, 0.15) is 18.6 Å². The number of nitrogens with one attached hydrogen (secondary N) is 1. The van der Waals surface area contributed by atoms with Crippen molar-refractivity contribution in [3.8, 4) is 11.5 Å². The summed E-state index contributed by atoms with van der Waals surface area (Å²) in [6.45, 7) is 2.28. The lowest BCUT2D eigenvalue weighted by atomic mass is 10.1. The first-order valence-corrected chi connectivity index (χ1v) is 12.9. The van der Waals surface area contributed by atoms with Gasteiger partial charge < -0.3 is 29.1 Å². The van der Waals surface area contributed by atoms with Crippen LogP contribution in [0.5, 0.6) is 11.5 Å². The maximum Gasteiger partial charge on any atom is 0.183 e. The maximum absolute atomic E-state index is 11.6. The number of nitrogens with zero attached hydrogens (tertiary/aromatic N) is 1. The summed E-state index contributed by atoms with van der Waals surface area (Å²) in [5, 5.41) is 3.91. The number of benzene rings is 2. The Labute approximate surface area is 203 Å². The van der Waals surface area contributed by atoms with Crippen molar-refractivity contribution in [3.05, 3.63) is 42.0 Å². The minimum absolute atomic E-state index is 0.0494. The molecular formula is C23H30N2O7S2. The quantitative estimate of drug-likeness (QED) is 0.304. The van der Waals surface area contributed by atoms with Gasteiger partial charge in [0.25, 0.3) is 0 Å². The monoisotopic (exact) mass is 510 g/mol. The highest BCUT2D eigenvalue weighted by Crippen LogP contribution is 2.35. The predicted molar refractivity (Wildman–Crippen MR) is 133 cm³/mol. The summed E-state index contributed by atoms with van der Waals surface area (Å²) in [6, 6.07) is 9.98. The molecule has 1 unspecified atom stereocenters. The number of hydrogen-bond donors (Lipinski definition) is 1. The molecule has 0 amide bonds. The number of anilines is 1. The van der Waals surface area contributed by atoms with Crippen LogP contribution < -0.4 is 14.8 Å². The number of methoxy groups -OCH3 is 3. The highest BCUT2D eigenvalue weighted by atomic mass is 32.2. The second-order valence-electron chi connectivity index (χ2n) is 6.84. The zero-order chi connectivity index (χ0) is 25.1. The Balaban J connectivity index is 0.000000246. The lowest BCUT2D eigenvalue weighted by Gasteiger charge is -2.12. The molecule has 0 aliphatic heterocycles. The fraction of sp³-hybridized carbons (Fsp3) is 0.391. The van der Waals surface area contributed by atoms with Crippen LogP contribution in [-0.2, 0) is 24.1 Å². The third kappa shape index (κ3) is 7.13. The van der Waals surface area contributed by atoms with Crippen LogP contribution in [0.4, 0.5) is 5.13 Å². The van der Waals surface area contributed by atoms with Crippen molar-refractivity contribution in [2.45, 2.75) is 17.9 Å². The molecule has 0 aliphatic carbocycles. The van der Waals surface area contributed by atoms with Gasteiger partial charge in [-0.1, -0.05) is 30.4 Å². The van der Waals surface area contributed by atoms with E-state index in [2.05, 4.69) is 10.3 Å². The SMILES string of the molecule is CCS(=O)(=O)c1ccc(C(C=O)OCCOC)cc1.CNc1nc2cc(OC)c(OC)cc2s1. The standard InChI is InChI=1S/C13H18O5S.C10H12N2O2S/c1-3-19(15,16)12-6-4-11(5-7-12)13(10-14)18-9-8-17-2;1-11-10-12-6-4-7(13-2)8(14-3)5-9(6)15-10/h4-7,10,13H,3,8-9H2,1-2H3;4-5H,1-3H3,(H,11,12). The maximum atomic E-state index is 11.6. The Kier molecular flexibility index (Phi) is 10.7. The summed E-state index contributed by atoms with van der Waals surface area (Å²) in [4.78, 5) is 15.6. The van der Waals surface area contributed by atoms with E-state index in [1.807, 2.05) is 19.2 Å². The predicted octanol–water partition coefficient (Wildman–Crippen LogP) is 3.74. The van der Waals surface area contributed by atoms with Crippen molar-refractivity contribution in [1.82, 2.24) is 4.98 Å². The fourth-order valence-corrected chi connectivity index (χ4v) is 4.58. The molecular weight excluding hydrogens is 480 g/mol. The van der Waals surface area contributed by atoms with E-state index in [0.29, 0.717) is 30.8 Å². The smallest absolute Gasteiger partial charge is 0.183 e. The average Bonchev–Trinajstić information content (AvgIpc) is 3.28. The van der Waals surface area contributed by atoms with Crippen LogP contribution in [0.2, 0.25) is 0 Å².